The molecular formula is C8H3FN2O. The van der Waals surface area contributed by atoms with Crippen LogP contribution in [0.5, 0.6) is 0 Å². The van der Waals surface area contributed by atoms with Gasteiger partial charge in [0, 0.05) is 6.07 Å². The molecule has 0 amide bonds. The Morgan fingerprint density at radius 3 is 2.83 bits per heavy atom. The Hall–Kier alpha value is -1.98. The standard InChI is InChI=1S/C8H3FN2O/c9-7-2-1-6(4-10)8(3-7)11-5-12/h1-3H. The monoisotopic (exact) mass is 162 g/mol. The molecule has 3 nitrogen and oxygen atoms in total. The first-order chi connectivity index (χ1) is 5.77. The summed E-state index contributed by atoms with van der Waals surface area (Å²) in [5.41, 5.74) is 0.159. The fourth-order valence-corrected chi connectivity index (χ4v) is 0.741. The topological polar surface area (TPSA) is 53.2 Å². The molecule has 0 aromatic heterocycles. The van der Waals surface area contributed by atoms with Gasteiger partial charge in [-0.05, 0) is 12.1 Å². The van der Waals surface area contributed by atoms with Crippen LogP contribution in [0.4, 0.5) is 10.1 Å². The van der Waals surface area contributed by atoms with Crippen molar-refractivity contribution in [1.82, 2.24) is 0 Å². The lowest BCUT2D eigenvalue weighted by atomic mass is 10.2. The molecule has 1 rings (SSSR count). The normalized spacial score (nSPS) is 8.33. The van der Waals surface area contributed by atoms with Crippen molar-refractivity contribution in [3.63, 3.8) is 0 Å². The molecule has 0 saturated carbocycles. The quantitative estimate of drug-likeness (QED) is 0.465. The molecule has 0 N–H and O–H groups in total. The number of aliphatic imine (C=N–C) groups is 1. The van der Waals surface area contributed by atoms with Crippen LogP contribution in [0.3, 0.4) is 0 Å². The molecule has 0 radical (unpaired) electrons. The van der Waals surface area contributed by atoms with E-state index in [-0.39, 0.29) is 11.3 Å². The molecule has 0 spiro atoms. The van der Waals surface area contributed by atoms with Gasteiger partial charge in [-0.1, -0.05) is 0 Å². The van der Waals surface area contributed by atoms with E-state index in [9.17, 15) is 9.18 Å². The molecule has 0 aliphatic heterocycles. The largest absolute Gasteiger partial charge is 0.240 e. The summed E-state index contributed by atoms with van der Waals surface area (Å²) in [6.45, 7) is 0. The molecule has 12 heavy (non-hydrogen) atoms. The summed E-state index contributed by atoms with van der Waals surface area (Å²) in [5, 5.41) is 8.47. The van der Waals surface area contributed by atoms with Gasteiger partial charge in [0.05, 0.1) is 11.3 Å². The van der Waals surface area contributed by atoms with Crippen LogP contribution in [-0.2, 0) is 4.79 Å². The lowest BCUT2D eigenvalue weighted by Gasteiger charge is -1.93. The lowest BCUT2D eigenvalue weighted by molar-refractivity contribution is 0.565. The van der Waals surface area contributed by atoms with Crippen LogP contribution in [0.15, 0.2) is 23.2 Å². The predicted molar refractivity (Wildman–Crippen MR) is 38.9 cm³/mol. The molecular weight excluding hydrogens is 159 g/mol. The van der Waals surface area contributed by atoms with E-state index in [1.54, 1.807) is 6.07 Å². The van der Waals surface area contributed by atoms with E-state index in [1.807, 2.05) is 0 Å². The average Bonchev–Trinajstić information content (AvgIpc) is 2.05. The number of hydrogen-bond donors (Lipinski definition) is 0. The number of benzene rings is 1. The first-order valence-electron chi connectivity index (χ1n) is 3.05. The van der Waals surface area contributed by atoms with Gasteiger partial charge in [-0.3, -0.25) is 0 Å². The minimum atomic E-state index is -0.539. The lowest BCUT2D eigenvalue weighted by Crippen LogP contribution is -1.78. The van der Waals surface area contributed by atoms with E-state index in [0.717, 1.165) is 12.1 Å². The van der Waals surface area contributed by atoms with Crippen LogP contribution < -0.4 is 0 Å². The van der Waals surface area contributed by atoms with Gasteiger partial charge in [-0.2, -0.15) is 10.3 Å². The van der Waals surface area contributed by atoms with Crippen molar-refractivity contribution in [3.8, 4) is 6.07 Å². The van der Waals surface area contributed by atoms with E-state index in [2.05, 4.69) is 4.99 Å². The van der Waals surface area contributed by atoms with Crippen LogP contribution in [0.1, 0.15) is 5.56 Å². The highest BCUT2D eigenvalue weighted by molar-refractivity contribution is 5.58. The molecule has 1 aromatic carbocycles. The van der Waals surface area contributed by atoms with Crippen molar-refractivity contribution in [1.29, 1.82) is 5.26 Å². The van der Waals surface area contributed by atoms with Crippen molar-refractivity contribution in [3.05, 3.63) is 29.6 Å². The summed E-state index contributed by atoms with van der Waals surface area (Å²) in [5.74, 6) is -0.539. The van der Waals surface area contributed by atoms with Crippen LogP contribution in [0.25, 0.3) is 0 Å². The number of nitriles is 1. The number of isocyanates is 1. The highest BCUT2D eigenvalue weighted by Gasteiger charge is 2.01. The molecule has 58 valence electrons. The summed E-state index contributed by atoms with van der Waals surface area (Å²) < 4.78 is 12.5. The van der Waals surface area contributed by atoms with Gasteiger partial charge in [0.2, 0.25) is 6.08 Å². The first-order valence-corrected chi connectivity index (χ1v) is 3.05. The summed E-state index contributed by atoms with van der Waals surface area (Å²) in [6.07, 6.45) is 1.24. The average molecular weight is 162 g/mol. The minimum absolute atomic E-state index is 0.00694. The van der Waals surface area contributed by atoms with Crippen molar-refractivity contribution in [2.45, 2.75) is 0 Å². The molecule has 0 unspecified atom stereocenters. The number of halogens is 1. The van der Waals surface area contributed by atoms with E-state index >= 15 is 0 Å². The molecule has 0 aliphatic rings. The van der Waals surface area contributed by atoms with Crippen LogP contribution >= 0.6 is 0 Å². The maximum Gasteiger partial charge on any atom is 0.240 e. The zero-order valence-corrected chi connectivity index (χ0v) is 5.91. The summed E-state index contributed by atoms with van der Waals surface area (Å²) >= 11 is 0. The molecule has 4 heteroatoms. The van der Waals surface area contributed by atoms with Gasteiger partial charge in [-0.25, -0.2) is 9.18 Å². The van der Waals surface area contributed by atoms with E-state index in [0.29, 0.717) is 0 Å². The molecule has 0 bridgehead atoms. The van der Waals surface area contributed by atoms with Gasteiger partial charge in [-0.15, -0.1) is 0 Å². The predicted octanol–water partition coefficient (Wildman–Crippen LogP) is 1.66. The van der Waals surface area contributed by atoms with Gasteiger partial charge in [0.1, 0.15) is 11.9 Å². The van der Waals surface area contributed by atoms with Crippen molar-refractivity contribution < 1.29 is 9.18 Å². The van der Waals surface area contributed by atoms with Crippen molar-refractivity contribution >= 4 is 11.8 Å². The second-order valence-corrected chi connectivity index (χ2v) is 1.98. The summed E-state index contributed by atoms with van der Waals surface area (Å²) in [4.78, 5) is 13.0. The zero-order valence-electron chi connectivity index (χ0n) is 5.91. The molecule has 0 saturated heterocycles. The number of nitrogens with zero attached hydrogens (tertiary/aromatic N) is 2. The first kappa shape index (κ1) is 8.12. The van der Waals surface area contributed by atoms with Gasteiger partial charge >= 0.3 is 0 Å². The molecule has 0 heterocycles. The highest BCUT2D eigenvalue weighted by atomic mass is 19.1. The molecule has 0 fully saturated rings. The van der Waals surface area contributed by atoms with Crippen molar-refractivity contribution in [2.24, 2.45) is 4.99 Å². The summed E-state index contributed by atoms with van der Waals surface area (Å²) in [6, 6.07) is 5.15. The SMILES string of the molecule is N#Cc1ccc(F)cc1N=C=O. The minimum Gasteiger partial charge on any atom is -0.211 e. The molecule has 1 aromatic rings. The second kappa shape index (κ2) is 3.42. The summed E-state index contributed by atoms with van der Waals surface area (Å²) in [7, 11) is 0. The Bertz CT molecular complexity index is 389. The van der Waals surface area contributed by atoms with Gasteiger partial charge in [0.25, 0.3) is 0 Å². The maximum atomic E-state index is 12.5. The van der Waals surface area contributed by atoms with E-state index in [4.69, 9.17) is 5.26 Å². The number of rotatable bonds is 1. The third kappa shape index (κ3) is 1.54. The number of carbonyl (C=O) groups excluding carboxylic acids is 1. The smallest absolute Gasteiger partial charge is 0.211 e. The van der Waals surface area contributed by atoms with Crippen LogP contribution in [0.2, 0.25) is 0 Å². The third-order valence-electron chi connectivity index (χ3n) is 1.25. The Balaban J connectivity index is 3.33. The Kier molecular flexibility index (Phi) is 2.32. The zero-order chi connectivity index (χ0) is 8.97. The fraction of sp³-hybridized carbons (Fsp3) is 0. The maximum absolute atomic E-state index is 12.5. The van der Waals surface area contributed by atoms with Crippen LogP contribution in [-0.4, -0.2) is 6.08 Å². The number of hydrogen-bond acceptors (Lipinski definition) is 3. The molecule has 0 atom stereocenters. The Morgan fingerprint density at radius 2 is 2.25 bits per heavy atom. The fourth-order valence-electron chi connectivity index (χ4n) is 0.741. The Labute approximate surface area is 67.8 Å². The molecule has 0 aliphatic carbocycles. The van der Waals surface area contributed by atoms with E-state index in [1.165, 1.54) is 12.1 Å². The third-order valence-corrected chi connectivity index (χ3v) is 1.25. The van der Waals surface area contributed by atoms with Crippen molar-refractivity contribution in [2.75, 3.05) is 0 Å². The van der Waals surface area contributed by atoms with E-state index < -0.39 is 5.82 Å². The highest BCUT2D eigenvalue weighted by Crippen LogP contribution is 2.18. The van der Waals surface area contributed by atoms with Gasteiger partial charge < -0.3 is 0 Å². The van der Waals surface area contributed by atoms with Crippen LogP contribution in [0, 0.1) is 17.1 Å². The van der Waals surface area contributed by atoms with Gasteiger partial charge in [0.15, 0.2) is 0 Å². The Morgan fingerprint density at radius 1 is 1.50 bits per heavy atom. The second-order valence-electron chi connectivity index (χ2n) is 1.98.